The highest BCUT2D eigenvalue weighted by molar-refractivity contribution is 14.1. The number of hydrogen-bond donors (Lipinski definition) is 0. The van der Waals surface area contributed by atoms with Crippen LogP contribution >= 0.6 is 22.6 Å². The van der Waals surface area contributed by atoms with E-state index in [0.29, 0.717) is 17.0 Å². The van der Waals surface area contributed by atoms with Crippen LogP contribution in [0.4, 0.5) is 0 Å². The lowest BCUT2D eigenvalue weighted by atomic mass is 9.79. The van der Waals surface area contributed by atoms with Gasteiger partial charge >= 0.3 is 11.9 Å². The summed E-state index contributed by atoms with van der Waals surface area (Å²) in [6.45, 7) is 3.94. The third kappa shape index (κ3) is 5.48. The second kappa shape index (κ2) is 10.6. The first-order chi connectivity index (χ1) is 14.8. The zero-order valence-electron chi connectivity index (χ0n) is 18.8. The van der Waals surface area contributed by atoms with E-state index >= 15 is 0 Å². The molecule has 2 aliphatic carbocycles. The molecule has 166 valence electrons. The fraction of sp³-hybridized carbons (Fsp3) is 0.462. The number of ether oxygens (including phenoxy) is 2. The van der Waals surface area contributed by atoms with Crippen LogP contribution in [0.2, 0.25) is 0 Å². The Morgan fingerprint density at radius 1 is 0.806 bits per heavy atom. The van der Waals surface area contributed by atoms with Gasteiger partial charge in [-0.15, -0.1) is 0 Å². The molecule has 31 heavy (non-hydrogen) atoms. The highest BCUT2D eigenvalue weighted by Gasteiger charge is 2.23. The minimum atomic E-state index is -0.243. The SMILES string of the molecule is COC(=O)c1cc(I)c(C2CCC2)cc1C.COC(=O)c1ccc(C2CCC2)cc1C. The highest BCUT2D eigenvalue weighted by Crippen LogP contribution is 2.39. The molecule has 0 amide bonds. The monoisotopic (exact) mass is 534 g/mol. The van der Waals surface area contributed by atoms with E-state index in [-0.39, 0.29) is 11.9 Å². The molecule has 0 heterocycles. The van der Waals surface area contributed by atoms with Crippen molar-refractivity contribution in [3.05, 3.63) is 67.3 Å². The van der Waals surface area contributed by atoms with Crippen molar-refractivity contribution in [2.45, 2.75) is 64.2 Å². The Kier molecular flexibility index (Phi) is 8.14. The molecule has 0 N–H and O–H groups in total. The summed E-state index contributed by atoms with van der Waals surface area (Å²) in [5.74, 6) is 0.941. The maximum atomic E-state index is 11.5. The average Bonchev–Trinajstić information content (AvgIpc) is 2.67. The van der Waals surface area contributed by atoms with Crippen LogP contribution in [0.15, 0.2) is 30.3 Å². The number of halogens is 1. The Morgan fingerprint density at radius 3 is 1.84 bits per heavy atom. The largest absolute Gasteiger partial charge is 0.465 e. The molecule has 2 aliphatic rings. The number of carbonyl (C=O) groups is 2. The summed E-state index contributed by atoms with van der Waals surface area (Å²) in [5, 5.41) is 0. The van der Waals surface area contributed by atoms with E-state index in [1.807, 2.05) is 26.0 Å². The van der Waals surface area contributed by atoms with Crippen LogP contribution in [-0.2, 0) is 9.47 Å². The molecule has 0 aliphatic heterocycles. The van der Waals surface area contributed by atoms with Crippen LogP contribution in [0.3, 0.4) is 0 Å². The van der Waals surface area contributed by atoms with Crippen molar-refractivity contribution in [3.8, 4) is 0 Å². The summed E-state index contributed by atoms with van der Waals surface area (Å²) in [5.41, 5.74) is 6.18. The van der Waals surface area contributed by atoms with Gasteiger partial charge in [0.25, 0.3) is 0 Å². The van der Waals surface area contributed by atoms with E-state index < -0.39 is 0 Å². The van der Waals surface area contributed by atoms with Crippen LogP contribution in [0.5, 0.6) is 0 Å². The zero-order valence-corrected chi connectivity index (χ0v) is 21.0. The predicted octanol–water partition coefficient (Wildman–Crippen LogP) is 6.70. The maximum Gasteiger partial charge on any atom is 0.338 e. The van der Waals surface area contributed by atoms with Crippen molar-refractivity contribution in [2.24, 2.45) is 0 Å². The molecule has 0 atom stereocenters. The number of hydrogen-bond acceptors (Lipinski definition) is 4. The fourth-order valence-corrected chi connectivity index (χ4v) is 4.99. The van der Waals surface area contributed by atoms with E-state index in [1.165, 1.54) is 67.4 Å². The third-order valence-electron chi connectivity index (χ3n) is 6.53. The molecule has 0 spiro atoms. The van der Waals surface area contributed by atoms with E-state index in [0.717, 1.165) is 17.0 Å². The lowest BCUT2D eigenvalue weighted by Crippen LogP contribution is -2.12. The van der Waals surface area contributed by atoms with Gasteiger partial charge in [-0.2, -0.15) is 0 Å². The van der Waals surface area contributed by atoms with Gasteiger partial charge < -0.3 is 9.47 Å². The van der Waals surface area contributed by atoms with Crippen molar-refractivity contribution in [1.82, 2.24) is 0 Å². The Hall–Kier alpha value is -1.89. The molecule has 0 aromatic heterocycles. The van der Waals surface area contributed by atoms with Gasteiger partial charge in [0, 0.05) is 3.57 Å². The van der Waals surface area contributed by atoms with Gasteiger partial charge in [-0.1, -0.05) is 31.0 Å². The number of rotatable bonds is 4. The van der Waals surface area contributed by atoms with Gasteiger partial charge in [0.05, 0.1) is 25.3 Å². The molecule has 0 unspecified atom stereocenters. The second-order valence-corrected chi connectivity index (χ2v) is 9.66. The summed E-state index contributed by atoms with van der Waals surface area (Å²) >= 11 is 2.32. The summed E-state index contributed by atoms with van der Waals surface area (Å²) in [7, 11) is 2.84. The van der Waals surface area contributed by atoms with E-state index in [2.05, 4.69) is 40.8 Å². The number of methoxy groups -OCH3 is 2. The Morgan fingerprint density at radius 2 is 1.35 bits per heavy atom. The lowest BCUT2D eigenvalue weighted by molar-refractivity contribution is 0.0591. The van der Waals surface area contributed by atoms with Crippen molar-refractivity contribution in [3.63, 3.8) is 0 Å². The average molecular weight is 534 g/mol. The lowest BCUT2D eigenvalue weighted by Gasteiger charge is -2.27. The summed E-state index contributed by atoms with van der Waals surface area (Å²) in [4.78, 5) is 22.9. The molecule has 2 fully saturated rings. The molecule has 0 radical (unpaired) electrons. The summed E-state index contributed by atoms with van der Waals surface area (Å²) < 4.78 is 10.7. The van der Waals surface area contributed by atoms with Crippen molar-refractivity contribution >= 4 is 34.5 Å². The van der Waals surface area contributed by atoms with Crippen molar-refractivity contribution in [2.75, 3.05) is 14.2 Å². The fourth-order valence-electron chi connectivity index (χ4n) is 4.09. The molecule has 4 nitrogen and oxygen atoms in total. The first kappa shape index (κ1) is 23.8. The molecule has 5 heteroatoms. The predicted molar refractivity (Wildman–Crippen MR) is 131 cm³/mol. The zero-order chi connectivity index (χ0) is 22.5. The second-order valence-electron chi connectivity index (χ2n) is 8.50. The van der Waals surface area contributed by atoms with Crippen LogP contribution in [-0.4, -0.2) is 26.2 Å². The molecule has 2 saturated carbocycles. The smallest absolute Gasteiger partial charge is 0.338 e. The standard InChI is InChI=1S/C13H15IO2.C13H16O2/c1-8-6-11(9-4-3-5-9)12(14)7-10(8)13(15)16-2;1-9-8-11(10-4-3-5-10)6-7-12(9)13(14)15-2/h6-7,9H,3-5H2,1-2H3;6-8,10H,3-5H2,1-2H3. The topological polar surface area (TPSA) is 52.6 Å². The minimum absolute atomic E-state index is 0.240. The first-order valence-corrected chi connectivity index (χ1v) is 12.0. The quantitative estimate of drug-likeness (QED) is 0.324. The normalized spacial score (nSPS) is 15.8. The Balaban J connectivity index is 0.000000176. The van der Waals surface area contributed by atoms with Crippen LogP contribution in [0.25, 0.3) is 0 Å². The van der Waals surface area contributed by atoms with E-state index in [1.54, 1.807) is 0 Å². The Bertz CT molecular complexity index is 958. The molecular weight excluding hydrogens is 503 g/mol. The molecule has 2 aromatic carbocycles. The summed E-state index contributed by atoms with van der Waals surface area (Å²) in [6.07, 6.45) is 7.81. The van der Waals surface area contributed by atoms with Crippen LogP contribution in [0.1, 0.15) is 93.3 Å². The van der Waals surface area contributed by atoms with Gasteiger partial charge in [0.2, 0.25) is 0 Å². The van der Waals surface area contributed by atoms with Gasteiger partial charge in [0.15, 0.2) is 0 Å². The van der Waals surface area contributed by atoms with Gasteiger partial charge in [0.1, 0.15) is 0 Å². The van der Waals surface area contributed by atoms with Crippen molar-refractivity contribution in [1.29, 1.82) is 0 Å². The van der Waals surface area contributed by atoms with E-state index in [9.17, 15) is 9.59 Å². The molecule has 4 rings (SSSR count). The number of aryl methyl sites for hydroxylation is 2. The van der Waals surface area contributed by atoms with Gasteiger partial charge in [-0.05, 0) is 108 Å². The van der Waals surface area contributed by atoms with Gasteiger partial charge in [-0.3, -0.25) is 0 Å². The molecule has 2 aromatic rings. The maximum absolute atomic E-state index is 11.5. The van der Waals surface area contributed by atoms with E-state index in [4.69, 9.17) is 9.47 Å². The molecule has 0 saturated heterocycles. The minimum Gasteiger partial charge on any atom is -0.465 e. The first-order valence-electron chi connectivity index (χ1n) is 10.9. The molecule has 0 bridgehead atoms. The Labute approximate surface area is 198 Å². The van der Waals surface area contributed by atoms with Crippen LogP contribution < -0.4 is 0 Å². The van der Waals surface area contributed by atoms with Crippen molar-refractivity contribution < 1.29 is 19.1 Å². The summed E-state index contributed by atoms with van der Waals surface area (Å²) in [6, 6.07) is 10.2. The van der Waals surface area contributed by atoms with Crippen LogP contribution in [0, 0.1) is 17.4 Å². The molecular formula is C26H31IO4. The number of esters is 2. The highest BCUT2D eigenvalue weighted by atomic mass is 127. The van der Waals surface area contributed by atoms with Gasteiger partial charge in [-0.25, -0.2) is 9.59 Å². The third-order valence-corrected chi connectivity index (χ3v) is 7.46. The number of carbonyl (C=O) groups excluding carboxylic acids is 2. The number of benzene rings is 2.